The third-order valence-corrected chi connectivity index (χ3v) is 5.10. The molecule has 7 heteroatoms. The Hall–Kier alpha value is -2.31. The summed E-state index contributed by atoms with van der Waals surface area (Å²) in [5.41, 5.74) is 0. The first-order chi connectivity index (χ1) is 12.0. The summed E-state index contributed by atoms with van der Waals surface area (Å²) in [5.74, 6) is -1.37. The summed E-state index contributed by atoms with van der Waals surface area (Å²) in [6, 6.07) is 3.16. The van der Waals surface area contributed by atoms with E-state index in [1.165, 1.54) is 25.0 Å². The first kappa shape index (κ1) is 17.5. The molecular weight excluding hydrogens is 324 g/mol. The van der Waals surface area contributed by atoms with Gasteiger partial charge < -0.3 is 19.7 Å². The fraction of sp³-hybridized carbons (Fsp3) is 0.611. The van der Waals surface area contributed by atoms with Gasteiger partial charge in [0.1, 0.15) is 5.76 Å². The Morgan fingerprint density at radius 2 is 1.92 bits per heavy atom. The van der Waals surface area contributed by atoms with Crippen molar-refractivity contribution in [3.63, 3.8) is 0 Å². The standard InChI is InChI=1S/C18H24N2O5/c21-16-9-12(11-20(16)13-5-3-1-2-4-6-13)17(22)19-10-14-7-8-15(25-14)18(23)24/h7-8,12-13H,1-6,9-11H2,(H,19,22)(H,23,24). The number of carboxylic acid groups (broad SMARTS) is 1. The van der Waals surface area contributed by atoms with Crippen LogP contribution in [0.3, 0.4) is 0 Å². The van der Waals surface area contributed by atoms with Crippen molar-refractivity contribution in [1.82, 2.24) is 10.2 Å². The van der Waals surface area contributed by atoms with Crippen LogP contribution in [0.4, 0.5) is 0 Å². The molecule has 1 aromatic heterocycles. The lowest BCUT2D eigenvalue weighted by Gasteiger charge is -2.27. The van der Waals surface area contributed by atoms with Crippen LogP contribution in [0, 0.1) is 5.92 Å². The number of carboxylic acids is 1. The second-order valence-electron chi connectivity index (χ2n) is 6.88. The molecule has 25 heavy (non-hydrogen) atoms. The van der Waals surface area contributed by atoms with Crippen molar-refractivity contribution >= 4 is 17.8 Å². The average Bonchev–Trinajstić information content (AvgIpc) is 3.12. The van der Waals surface area contributed by atoms with Crippen molar-refractivity contribution in [3.05, 3.63) is 23.7 Å². The summed E-state index contributed by atoms with van der Waals surface area (Å²) >= 11 is 0. The first-order valence-corrected chi connectivity index (χ1v) is 8.94. The number of amides is 2. The number of carbonyl (C=O) groups excluding carboxylic acids is 2. The number of nitrogens with zero attached hydrogens (tertiary/aromatic N) is 1. The second-order valence-corrected chi connectivity index (χ2v) is 6.88. The minimum Gasteiger partial charge on any atom is -0.475 e. The normalized spacial score (nSPS) is 22.0. The largest absolute Gasteiger partial charge is 0.475 e. The first-order valence-electron chi connectivity index (χ1n) is 8.94. The van der Waals surface area contributed by atoms with Gasteiger partial charge in [0.25, 0.3) is 0 Å². The Balaban J connectivity index is 1.52. The topological polar surface area (TPSA) is 99.8 Å². The van der Waals surface area contributed by atoms with Crippen molar-refractivity contribution in [2.75, 3.05) is 6.54 Å². The second kappa shape index (κ2) is 7.72. The fourth-order valence-electron chi connectivity index (χ4n) is 3.74. The molecule has 1 saturated heterocycles. The zero-order valence-corrected chi connectivity index (χ0v) is 14.2. The van der Waals surface area contributed by atoms with Crippen molar-refractivity contribution in [2.45, 2.75) is 57.5 Å². The van der Waals surface area contributed by atoms with E-state index in [1.807, 2.05) is 4.90 Å². The lowest BCUT2D eigenvalue weighted by atomic mass is 10.1. The van der Waals surface area contributed by atoms with Gasteiger partial charge in [0, 0.05) is 19.0 Å². The van der Waals surface area contributed by atoms with E-state index in [9.17, 15) is 14.4 Å². The van der Waals surface area contributed by atoms with Crippen LogP contribution in [0.2, 0.25) is 0 Å². The summed E-state index contributed by atoms with van der Waals surface area (Å²) in [7, 11) is 0. The molecule has 0 radical (unpaired) electrons. The molecule has 1 aliphatic carbocycles. The molecule has 2 amide bonds. The SMILES string of the molecule is O=C(O)c1ccc(CNC(=O)C2CC(=O)N(C3CCCCCC3)C2)o1. The highest BCUT2D eigenvalue weighted by Gasteiger charge is 2.37. The third-order valence-electron chi connectivity index (χ3n) is 5.10. The summed E-state index contributed by atoms with van der Waals surface area (Å²) in [4.78, 5) is 37.3. The zero-order valence-electron chi connectivity index (χ0n) is 14.2. The molecule has 1 unspecified atom stereocenters. The van der Waals surface area contributed by atoms with Crippen molar-refractivity contribution < 1.29 is 23.9 Å². The lowest BCUT2D eigenvalue weighted by Crippen LogP contribution is -2.38. The molecule has 2 N–H and O–H groups in total. The molecule has 1 aromatic rings. The van der Waals surface area contributed by atoms with E-state index in [2.05, 4.69) is 5.32 Å². The van der Waals surface area contributed by atoms with Gasteiger partial charge >= 0.3 is 5.97 Å². The number of aromatic carboxylic acids is 1. The van der Waals surface area contributed by atoms with Gasteiger partial charge in [0.05, 0.1) is 12.5 Å². The summed E-state index contributed by atoms with van der Waals surface area (Å²) in [6.45, 7) is 0.605. The van der Waals surface area contributed by atoms with Crippen LogP contribution in [0.1, 0.15) is 61.3 Å². The van der Waals surface area contributed by atoms with Gasteiger partial charge in [-0.2, -0.15) is 0 Å². The van der Waals surface area contributed by atoms with E-state index < -0.39 is 5.97 Å². The molecule has 1 aliphatic heterocycles. The number of carbonyl (C=O) groups is 3. The number of rotatable bonds is 5. The quantitative estimate of drug-likeness (QED) is 0.794. The highest BCUT2D eigenvalue weighted by molar-refractivity contribution is 5.89. The van der Waals surface area contributed by atoms with Crippen LogP contribution < -0.4 is 5.32 Å². The minimum absolute atomic E-state index is 0.0678. The van der Waals surface area contributed by atoms with E-state index in [4.69, 9.17) is 9.52 Å². The molecule has 0 aromatic carbocycles. The van der Waals surface area contributed by atoms with E-state index >= 15 is 0 Å². The van der Waals surface area contributed by atoms with Crippen LogP contribution in [0.25, 0.3) is 0 Å². The predicted molar refractivity (Wildman–Crippen MR) is 88.8 cm³/mol. The van der Waals surface area contributed by atoms with Gasteiger partial charge in [-0.3, -0.25) is 9.59 Å². The maximum Gasteiger partial charge on any atom is 0.371 e. The summed E-state index contributed by atoms with van der Waals surface area (Å²) in [5, 5.41) is 11.6. The van der Waals surface area contributed by atoms with Gasteiger partial charge in [-0.15, -0.1) is 0 Å². The number of hydrogen-bond acceptors (Lipinski definition) is 4. The van der Waals surface area contributed by atoms with Crippen molar-refractivity contribution in [2.24, 2.45) is 5.92 Å². The van der Waals surface area contributed by atoms with Gasteiger partial charge in [-0.25, -0.2) is 4.79 Å². The number of hydrogen-bond donors (Lipinski definition) is 2. The minimum atomic E-state index is -1.14. The molecule has 7 nitrogen and oxygen atoms in total. The molecule has 136 valence electrons. The van der Waals surface area contributed by atoms with Crippen LogP contribution in [0.15, 0.2) is 16.5 Å². The van der Waals surface area contributed by atoms with Gasteiger partial charge in [-0.1, -0.05) is 25.7 Å². The molecule has 1 atom stereocenters. The predicted octanol–water partition coefficient (Wildman–Crippen LogP) is 2.17. The summed E-state index contributed by atoms with van der Waals surface area (Å²) in [6.07, 6.45) is 7.06. The number of likely N-dealkylation sites (tertiary alicyclic amines) is 1. The molecule has 2 heterocycles. The summed E-state index contributed by atoms with van der Waals surface area (Å²) < 4.78 is 5.12. The van der Waals surface area contributed by atoms with Gasteiger partial charge in [-0.05, 0) is 25.0 Å². The van der Waals surface area contributed by atoms with Crippen LogP contribution in [0.5, 0.6) is 0 Å². The Morgan fingerprint density at radius 1 is 1.20 bits per heavy atom. The molecule has 0 bridgehead atoms. The van der Waals surface area contributed by atoms with E-state index in [0.29, 0.717) is 12.3 Å². The average molecular weight is 348 g/mol. The highest BCUT2D eigenvalue weighted by atomic mass is 16.4. The van der Waals surface area contributed by atoms with E-state index in [1.54, 1.807) is 0 Å². The molecule has 2 fully saturated rings. The smallest absolute Gasteiger partial charge is 0.371 e. The molecule has 0 spiro atoms. The van der Waals surface area contributed by atoms with Crippen molar-refractivity contribution in [3.8, 4) is 0 Å². The number of nitrogens with one attached hydrogen (secondary N) is 1. The maximum absolute atomic E-state index is 12.4. The number of furan rings is 1. The Labute approximate surface area is 146 Å². The molecule has 2 aliphatic rings. The van der Waals surface area contributed by atoms with Crippen LogP contribution in [-0.4, -0.2) is 40.4 Å². The van der Waals surface area contributed by atoms with Crippen molar-refractivity contribution in [1.29, 1.82) is 0 Å². The Morgan fingerprint density at radius 3 is 2.56 bits per heavy atom. The maximum atomic E-state index is 12.4. The molecule has 1 saturated carbocycles. The monoisotopic (exact) mass is 348 g/mol. The Bertz CT molecular complexity index is 646. The van der Waals surface area contributed by atoms with Crippen LogP contribution in [-0.2, 0) is 16.1 Å². The van der Waals surface area contributed by atoms with E-state index in [0.717, 1.165) is 25.7 Å². The van der Waals surface area contributed by atoms with Gasteiger partial charge in [0.2, 0.25) is 17.6 Å². The molecular formula is C18H24N2O5. The highest BCUT2D eigenvalue weighted by Crippen LogP contribution is 2.28. The van der Waals surface area contributed by atoms with Crippen LogP contribution >= 0.6 is 0 Å². The van der Waals surface area contributed by atoms with E-state index in [-0.39, 0.29) is 42.5 Å². The third kappa shape index (κ3) is 4.21. The zero-order chi connectivity index (χ0) is 17.8. The van der Waals surface area contributed by atoms with Gasteiger partial charge in [0.15, 0.2) is 0 Å². The molecule has 3 rings (SSSR count). The Kier molecular flexibility index (Phi) is 5.40. The fourth-order valence-corrected chi connectivity index (χ4v) is 3.74. The lowest BCUT2D eigenvalue weighted by molar-refractivity contribution is -0.130.